The first-order valence-electron chi connectivity index (χ1n) is 6.15. The van der Waals surface area contributed by atoms with Gasteiger partial charge in [0.15, 0.2) is 0 Å². The van der Waals surface area contributed by atoms with Gasteiger partial charge in [0.2, 0.25) is 15.9 Å². The van der Waals surface area contributed by atoms with Crippen LogP contribution in [0.4, 0.5) is 0 Å². The van der Waals surface area contributed by atoms with E-state index in [-0.39, 0.29) is 29.8 Å². The van der Waals surface area contributed by atoms with Crippen LogP contribution >= 0.6 is 0 Å². The molecule has 1 saturated heterocycles. The Balaban J connectivity index is 2.88. The summed E-state index contributed by atoms with van der Waals surface area (Å²) in [4.78, 5) is 13.6. The molecule has 0 spiro atoms. The molecular formula is C12H24N2O3S. The van der Waals surface area contributed by atoms with Crippen LogP contribution in [0.1, 0.15) is 47.5 Å². The monoisotopic (exact) mass is 276 g/mol. The number of hydrogen-bond donors (Lipinski definition) is 1. The van der Waals surface area contributed by atoms with Gasteiger partial charge in [-0.1, -0.05) is 20.8 Å². The summed E-state index contributed by atoms with van der Waals surface area (Å²) in [6.45, 7) is 10.5. The summed E-state index contributed by atoms with van der Waals surface area (Å²) in [5.74, 6) is -0.122. The number of nitrogens with two attached hydrogens (primary N) is 1. The molecular weight excluding hydrogens is 252 g/mol. The highest BCUT2D eigenvalue weighted by molar-refractivity contribution is 7.89. The van der Waals surface area contributed by atoms with Crippen molar-refractivity contribution >= 4 is 15.9 Å². The lowest BCUT2D eigenvalue weighted by molar-refractivity contribution is -0.133. The first-order valence-corrected chi connectivity index (χ1v) is 7.76. The highest BCUT2D eigenvalue weighted by Crippen LogP contribution is 2.34. The minimum Gasteiger partial charge on any atom is -0.336 e. The lowest BCUT2D eigenvalue weighted by atomic mass is 9.81. The Kier molecular flexibility index (Phi) is 3.85. The van der Waals surface area contributed by atoms with E-state index >= 15 is 0 Å². The van der Waals surface area contributed by atoms with E-state index in [1.54, 1.807) is 4.90 Å². The summed E-state index contributed by atoms with van der Waals surface area (Å²) in [7, 11) is -3.63. The molecule has 1 amide bonds. The first kappa shape index (κ1) is 15.4. The number of carbonyl (C=O) groups is 1. The summed E-state index contributed by atoms with van der Waals surface area (Å²) < 4.78 is 22.7. The fourth-order valence-corrected chi connectivity index (χ4v) is 3.60. The van der Waals surface area contributed by atoms with Crippen LogP contribution in [0.5, 0.6) is 0 Å². The van der Waals surface area contributed by atoms with E-state index in [2.05, 4.69) is 20.8 Å². The second kappa shape index (κ2) is 4.49. The Morgan fingerprint density at radius 3 is 2.11 bits per heavy atom. The van der Waals surface area contributed by atoms with E-state index in [1.165, 1.54) is 0 Å². The Morgan fingerprint density at radius 2 is 1.78 bits per heavy atom. The van der Waals surface area contributed by atoms with Gasteiger partial charge in [0.25, 0.3) is 0 Å². The zero-order valence-corrected chi connectivity index (χ0v) is 12.7. The average Bonchev–Trinajstić information content (AvgIpc) is 2.41. The molecule has 1 heterocycles. The predicted molar refractivity (Wildman–Crippen MR) is 71.4 cm³/mol. The molecule has 2 N–H and O–H groups in total. The van der Waals surface area contributed by atoms with E-state index in [0.29, 0.717) is 0 Å². The molecule has 0 aliphatic carbocycles. The Bertz CT molecular complexity index is 435. The fourth-order valence-electron chi connectivity index (χ4n) is 2.87. The van der Waals surface area contributed by atoms with Crippen molar-refractivity contribution in [2.24, 2.45) is 10.6 Å². The van der Waals surface area contributed by atoms with Crippen molar-refractivity contribution in [2.75, 3.05) is 6.54 Å². The summed E-state index contributed by atoms with van der Waals surface area (Å²) in [6, 6.07) is 0. The molecule has 0 aromatic heterocycles. The Hall–Kier alpha value is -0.620. The van der Waals surface area contributed by atoms with Crippen LogP contribution in [0, 0.1) is 5.41 Å². The third-order valence-electron chi connectivity index (χ3n) is 3.25. The Labute approximate surface area is 110 Å². The van der Waals surface area contributed by atoms with Gasteiger partial charge in [-0.3, -0.25) is 4.79 Å². The van der Waals surface area contributed by atoms with Crippen LogP contribution in [0.15, 0.2) is 0 Å². The third kappa shape index (κ3) is 3.68. The zero-order chi connectivity index (χ0) is 14.4. The summed E-state index contributed by atoms with van der Waals surface area (Å²) in [5.41, 5.74) is -0.280. The maximum atomic E-state index is 12.0. The van der Waals surface area contributed by atoms with Crippen molar-refractivity contribution in [3.8, 4) is 0 Å². The minimum absolute atomic E-state index is 0.00636. The van der Waals surface area contributed by atoms with E-state index in [1.807, 2.05) is 13.8 Å². The number of sulfonamides is 1. The molecule has 1 atom stereocenters. The fraction of sp³-hybridized carbons (Fsp3) is 0.917. The van der Waals surface area contributed by atoms with E-state index in [9.17, 15) is 13.2 Å². The second-order valence-electron chi connectivity index (χ2n) is 6.97. The van der Waals surface area contributed by atoms with E-state index < -0.39 is 15.3 Å². The van der Waals surface area contributed by atoms with Gasteiger partial charge >= 0.3 is 0 Å². The molecule has 0 aromatic carbocycles. The Morgan fingerprint density at radius 1 is 1.28 bits per heavy atom. The van der Waals surface area contributed by atoms with Crippen molar-refractivity contribution < 1.29 is 13.2 Å². The molecule has 106 valence electrons. The number of hydrogen-bond acceptors (Lipinski definition) is 3. The quantitative estimate of drug-likeness (QED) is 0.838. The molecule has 1 aliphatic heterocycles. The van der Waals surface area contributed by atoms with Crippen LogP contribution in [0.3, 0.4) is 0 Å². The van der Waals surface area contributed by atoms with Gasteiger partial charge in [-0.2, -0.15) is 0 Å². The average molecular weight is 276 g/mol. The van der Waals surface area contributed by atoms with E-state index in [4.69, 9.17) is 5.14 Å². The van der Waals surface area contributed by atoms with Gasteiger partial charge in [-0.05, 0) is 25.7 Å². The maximum Gasteiger partial charge on any atom is 0.224 e. The summed E-state index contributed by atoms with van der Waals surface area (Å²) in [6.07, 6.45) is 0.815. The maximum absolute atomic E-state index is 12.0. The smallest absolute Gasteiger partial charge is 0.224 e. The molecule has 18 heavy (non-hydrogen) atoms. The molecule has 6 heteroatoms. The van der Waals surface area contributed by atoms with Crippen LogP contribution in [-0.2, 0) is 14.8 Å². The molecule has 0 saturated carbocycles. The highest BCUT2D eigenvalue weighted by atomic mass is 32.2. The molecule has 0 bridgehead atoms. The van der Waals surface area contributed by atoms with Crippen LogP contribution in [-0.4, -0.2) is 36.6 Å². The lowest BCUT2D eigenvalue weighted by Crippen LogP contribution is -2.48. The SMILES string of the molecule is CC(C)(C)CC(C)(C)N1CC(S(N)(=O)=O)CC1=O. The second-order valence-corrected chi connectivity index (χ2v) is 8.81. The molecule has 0 radical (unpaired) electrons. The van der Waals surface area contributed by atoms with Crippen molar-refractivity contribution in [1.29, 1.82) is 0 Å². The molecule has 1 unspecified atom stereocenters. The number of rotatable bonds is 3. The van der Waals surface area contributed by atoms with E-state index in [0.717, 1.165) is 6.42 Å². The molecule has 1 fully saturated rings. The third-order valence-corrected chi connectivity index (χ3v) is 4.49. The number of amides is 1. The van der Waals surface area contributed by atoms with Crippen molar-refractivity contribution in [3.63, 3.8) is 0 Å². The normalized spacial score (nSPS) is 22.7. The highest BCUT2D eigenvalue weighted by Gasteiger charge is 2.43. The predicted octanol–water partition coefficient (Wildman–Crippen LogP) is 1.09. The van der Waals surface area contributed by atoms with Gasteiger partial charge < -0.3 is 4.90 Å². The largest absolute Gasteiger partial charge is 0.336 e. The molecule has 5 nitrogen and oxygen atoms in total. The van der Waals surface area contributed by atoms with Crippen molar-refractivity contribution in [2.45, 2.75) is 58.2 Å². The van der Waals surface area contributed by atoms with Crippen LogP contribution in [0.25, 0.3) is 0 Å². The van der Waals surface area contributed by atoms with Crippen LogP contribution < -0.4 is 5.14 Å². The lowest BCUT2D eigenvalue weighted by Gasteiger charge is -2.40. The van der Waals surface area contributed by atoms with Crippen molar-refractivity contribution in [1.82, 2.24) is 4.90 Å². The standard InChI is InChI=1S/C12H24N2O3S/c1-11(2,3)8-12(4,5)14-7-9(6-10(14)15)18(13,16)17/h9H,6-8H2,1-5H3,(H2,13,16,17). The molecule has 1 rings (SSSR count). The van der Waals surface area contributed by atoms with Gasteiger partial charge in [0.05, 0.1) is 0 Å². The summed E-state index contributed by atoms with van der Waals surface area (Å²) in [5, 5.41) is 4.37. The first-order chi connectivity index (χ1) is 7.83. The number of primary sulfonamides is 1. The topological polar surface area (TPSA) is 80.5 Å². The van der Waals surface area contributed by atoms with Gasteiger partial charge in [-0.25, -0.2) is 13.6 Å². The molecule has 1 aliphatic rings. The number of likely N-dealkylation sites (tertiary alicyclic amines) is 1. The molecule has 0 aromatic rings. The summed E-state index contributed by atoms with van der Waals surface area (Å²) >= 11 is 0. The van der Waals surface area contributed by atoms with Crippen molar-refractivity contribution in [3.05, 3.63) is 0 Å². The van der Waals surface area contributed by atoms with Gasteiger partial charge in [-0.15, -0.1) is 0 Å². The minimum atomic E-state index is -3.63. The number of nitrogens with zero attached hydrogens (tertiary/aromatic N) is 1. The van der Waals surface area contributed by atoms with Gasteiger partial charge in [0, 0.05) is 18.5 Å². The van der Waals surface area contributed by atoms with Crippen LogP contribution in [0.2, 0.25) is 0 Å². The number of carbonyl (C=O) groups excluding carboxylic acids is 1. The van der Waals surface area contributed by atoms with Gasteiger partial charge in [0.1, 0.15) is 5.25 Å². The zero-order valence-electron chi connectivity index (χ0n) is 11.9.